The van der Waals surface area contributed by atoms with Crippen LogP contribution in [0.4, 0.5) is 4.39 Å². The van der Waals surface area contributed by atoms with Gasteiger partial charge in [0.25, 0.3) is 0 Å². The first kappa shape index (κ1) is 14.1. The summed E-state index contributed by atoms with van der Waals surface area (Å²) in [6.07, 6.45) is 0.810. The number of ether oxygens (including phenoxy) is 2. The van der Waals surface area contributed by atoms with Crippen LogP contribution in [0.25, 0.3) is 0 Å². The average Bonchev–Trinajstić information content (AvgIpc) is 2.49. The molecule has 0 fully saturated rings. The lowest BCUT2D eigenvalue weighted by Gasteiger charge is -2.16. The SMILES string of the molecule is COc1ccc(OC)c(C(C=O)c2ccc(F)cc2)c1. The molecule has 4 heteroatoms. The number of halogens is 1. The Morgan fingerprint density at radius 1 is 1.05 bits per heavy atom. The molecule has 2 aromatic rings. The summed E-state index contributed by atoms with van der Waals surface area (Å²) in [5.41, 5.74) is 1.39. The number of carbonyl (C=O) groups excluding carboxylic acids is 1. The number of aldehydes is 1. The lowest BCUT2D eigenvalue weighted by atomic mass is 9.91. The molecule has 20 heavy (non-hydrogen) atoms. The minimum Gasteiger partial charge on any atom is -0.497 e. The Balaban J connectivity index is 2.50. The molecule has 0 saturated heterocycles. The standard InChI is InChI=1S/C16H15FO3/c1-19-13-7-8-16(20-2)14(9-13)15(10-18)11-3-5-12(17)6-4-11/h3-10,15H,1-2H3. The highest BCUT2D eigenvalue weighted by Gasteiger charge is 2.18. The highest BCUT2D eigenvalue weighted by molar-refractivity contribution is 5.70. The Labute approximate surface area is 117 Å². The largest absolute Gasteiger partial charge is 0.497 e. The maximum Gasteiger partial charge on any atom is 0.131 e. The van der Waals surface area contributed by atoms with E-state index in [1.165, 1.54) is 19.2 Å². The summed E-state index contributed by atoms with van der Waals surface area (Å²) < 4.78 is 23.4. The Morgan fingerprint density at radius 3 is 2.30 bits per heavy atom. The minimum absolute atomic E-state index is 0.337. The van der Waals surface area contributed by atoms with Gasteiger partial charge in [-0.15, -0.1) is 0 Å². The fourth-order valence-corrected chi connectivity index (χ4v) is 2.08. The molecule has 1 unspecified atom stereocenters. The Bertz CT molecular complexity index is 593. The average molecular weight is 274 g/mol. The smallest absolute Gasteiger partial charge is 0.131 e. The van der Waals surface area contributed by atoms with Crippen molar-refractivity contribution in [1.82, 2.24) is 0 Å². The van der Waals surface area contributed by atoms with Gasteiger partial charge in [0.15, 0.2) is 0 Å². The number of carbonyl (C=O) groups is 1. The Hall–Kier alpha value is -2.36. The zero-order chi connectivity index (χ0) is 14.5. The maximum absolute atomic E-state index is 13.0. The first-order valence-electron chi connectivity index (χ1n) is 6.12. The highest BCUT2D eigenvalue weighted by atomic mass is 19.1. The van der Waals surface area contributed by atoms with Gasteiger partial charge in [0, 0.05) is 5.56 Å². The minimum atomic E-state index is -0.527. The molecule has 2 aromatic carbocycles. The Morgan fingerprint density at radius 2 is 1.75 bits per heavy atom. The summed E-state index contributed by atoms with van der Waals surface area (Å²) in [5, 5.41) is 0. The molecule has 0 aromatic heterocycles. The molecule has 0 aliphatic carbocycles. The fourth-order valence-electron chi connectivity index (χ4n) is 2.08. The van der Waals surface area contributed by atoms with E-state index in [4.69, 9.17) is 9.47 Å². The van der Waals surface area contributed by atoms with Gasteiger partial charge in [-0.05, 0) is 35.9 Å². The second kappa shape index (κ2) is 6.19. The molecule has 0 bridgehead atoms. The number of hydrogen-bond donors (Lipinski definition) is 0. The second-order valence-electron chi connectivity index (χ2n) is 4.27. The molecule has 0 spiro atoms. The first-order valence-corrected chi connectivity index (χ1v) is 6.12. The van der Waals surface area contributed by atoms with E-state index < -0.39 is 5.92 Å². The van der Waals surface area contributed by atoms with E-state index in [9.17, 15) is 9.18 Å². The molecule has 0 N–H and O–H groups in total. The number of benzene rings is 2. The van der Waals surface area contributed by atoms with E-state index in [1.807, 2.05) is 0 Å². The van der Waals surface area contributed by atoms with Crippen LogP contribution in [0.15, 0.2) is 42.5 Å². The maximum atomic E-state index is 13.0. The van der Waals surface area contributed by atoms with Gasteiger partial charge in [-0.25, -0.2) is 4.39 Å². The summed E-state index contributed by atoms with van der Waals surface area (Å²) in [4.78, 5) is 11.5. The topological polar surface area (TPSA) is 35.5 Å². The Kier molecular flexibility index (Phi) is 4.35. The predicted molar refractivity (Wildman–Crippen MR) is 73.9 cm³/mol. The fraction of sp³-hybridized carbons (Fsp3) is 0.188. The van der Waals surface area contributed by atoms with Gasteiger partial charge in [-0.3, -0.25) is 0 Å². The normalized spacial score (nSPS) is 11.8. The molecule has 0 aliphatic rings. The van der Waals surface area contributed by atoms with Crippen molar-refractivity contribution in [3.8, 4) is 11.5 Å². The summed E-state index contributed by atoms with van der Waals surface area (Å²) in [6.45, 7) is 0. The van der Waals surface area contributed by atoms with Crippen molar-refractivity contribution in [2.45, 2.75) is 5.92 Å². The van der Waals surface area contributed by atoms with Crippen molar-refractivity contribution >= 4 is 6.29 Å². The third-order valence-electron chi connectivity index (χ3n) is 3.14. The molecule has 0 saturated carbocycles. The van der Waals surface area contributed by atoms with Gasteiger partial charge >= 0.3 is 0 Å². The highest BCUT2D eigenvalue weighted by Crippen LogP contribution is 2.33. The lowest BCUT2D eigenvalue weighted by molar-refractivity contribution is -0.108. The van der Waals surface area contributed by atoms with Crippen molar-refractivity contribution < 1.29 is 18.7 Å². The van der Waals surface area contributed by atoms with Gasteiger partial charge in [0.05, 0.1) is 20.1 Å². The van der Waals surface area contributed by atoms with E-state index in [0.29, 0.717) is 22.6 Å². The number of rotatable bonds is 5. The summed E-state index contributed by atoms with van der Waals surface area (Å²) in [6, 6.07) is 11.1. The molecule has 1 atom stereocenters. The van der Waals surface area contributed by atoms with Gasteiger partial charge in [-0.2, -0.15) is 0 Å². The molecule has 0 radical (unpaired) electrons. The van der Waals surface area contributed by atoms with Crippen LogP contribution in [0, 0.1) is 5.82 Å². The number of methoxy groups -OCH3 is 2. The van der Waals surface area contributed by atoms with Crippen molar-refractivity contribution in [3.05, 3.63) is 59.4 Å². The van der Waals surface area contributed by atoms with E-state index in [-0.39, 0.29) is 5.82 Å². The van der Waals surface area contributed by atoms with Gasteiger partial charge in [0.1, 0.15) is 23.6 Å². The molecule has 3 nitrogen and oxygen atoms in total. The van der Waals surface area contributed by atoms with Crippen LogP contribution in [0.3, 0.4) is 0 Å². The summed E-state index contributed by atoms with van der Waals surface area (Å²) in [5.74, 6) is 0.360. The lowest BCUT2D eigenvalue weighted by Crippen LogP contribution is -2.05. The van der Waals surface area contributed by atoms with E-state index in [0.717, 1.165) is 6.29 Å². The van der Waals surface area contributed by atoms with Crippen molar-refractivity contribution in [1.29, 1.82) is 0 Å². The van der Waals surface area contributed by atoms with Crippen LogP contribution in [0.5, 0.6) is 11.5 Å². The molecular weight excluding hydrogens is 259 g/mol. The van der Waals surface area contributed by atoms with Gasteiger partial charge < -0.3 is 14.3 Å². The second-order valence-corrected chi connectivity index (χ2v) is 4.27. The van der Waals surface area contributed by atoms with E-state index in [2.05, 4.69) is 0 Å². The third-order valence-corrected chi connectivity index (χ3v) is 3.14. The van der Waals surface area contributed by atoms with Crippen molar-refractivity contribution in [3.63, 3.8) is 0 Å². The zero-order valence-corrected chi connectivity index (χ0v) is 11.3. The van der Waals surface area contributed by atoms with Crippen LogP contribution < -0.4 is 9.47 Å². The van der Waals surface area contributed by atoms with Crippen LogP contribution >= 0.6 is 0 Å². The quantitative estimate of drug-likeness (QED) is 0.786. The van der Waals surface area contributed by atoms with Gasteiger partial charge in [-0.1, -0.05) is 12.1 Å². The predicted octanol–water partition coefficient (Wildman–Crippen LogP) is 3.17. The molecule has 0 heterocycles. The molecule has 2 rings (SSSR count). The van der Waals surface area contributed by atoms with E-state index in [1.54, 1.807) is 37.4 Å². The van der Waals surface area contributed by atoms with E-state index >= 15 is 0 Å². The van der Waals surface area contributed by atoms with Crippen LogP contribution in [0.2, 0.25) is 0 Å². The van der Waals surface area contributed by atoms with Crippen LogP contribution in [0.1, 0.15) is 17.0 Å². The summed E-state index contributed by atoms with van der Waals surface area (Å²) in [7, 11) is 3.09. The van der Waals surface area contributed by atoms with Crippen LogP contribution in [-0.2, 0) is 4.79 Å². The van der Waals surface area contributed by atoms with Crippen LogP contribution in [-0.4, -0.2) is 20.5 Å². The molecular formula is C16H15FO3. The third kappa shape index (κ3) is 2.79. The molecule has 104 valence electrons. The first-order chi connectivity index (χ1) is 9.69. The zero-order valence-electron chi connectivity index (χ0n) is 11.3. The molecule has 0 amide bonds. The van der Waals surface area contributed by atoms with Crippen molar-refractivity contribution in [2.75, 3.05) is 14.2 Å². The van der Waals surface area contributed by atoms with Gasteiger partial charge in [0.2, 0.25) is 0 Å². The monoisotopic (exact) mass is 274 g/mol. The number of hydrogen-bond acceptors (Lipinski definition) is 3. The molecule has 0 aliphatic heterocycles. The summed E-state index contributed by atoms with van der Waals surface area (Å²) >= 11 is 0. The van der Waals surface area contributed by atoms with Crippen molar-refractivity contribution in [2.24, 2.45) is 0 Å².